The van der Waals surface area contributed by atoms with Gasteiger partial charge in [-0.05, 0) is 38.0 Å². The van der Waals surface area contributed by atoms with Crippen molar-refractivity contribution in [3.05, 3.63) is 23.2 Å². The molecule has 1 aromatic carbocycles. The van der Waals surface area contributed by atoms with Gasteiger partial charge in [-0.3, -0.25) is 0 Å². The maximum absolute atomic E-state index is 6.05. The second kappa shape index (κ2) is 5.61. The normalized spacial score (nSPS) is 23.7. The monoisotopic (exact) mass is 255 g/mol. The predicted octanol–water partition coefficient (Wildman–Crippen LogP) is 3.33. The molecule has 1 heterocycles. The van der Waals surface area contributed by atoms with Crippen LogP contribution in [0.4, 0.5) is 5.69 Å². The smallest absolute Gasteiger partial charge is 0.137 e. The Bertz CT molecular complexity index is 384. The highest BCUT2D eigenvalue weighted by molar-refractivity contribution is 6.32. The van der Waals surface area contributed by atoms with Gasteiger partial charge >= 0.3 is 0 Å². The van der Waals surface area contributed by atoms with Gasteiger partial charge in [-0.2, -0.15) is 0 Å². The highest BCUT2D eigenvalue weighted by Crippen LogP contribution is 2.27. The lowest BCUT2D eigenvalue weighted by atomic mass is 10.2. The SMILES string of the molecule is COc1ccc(NCC2CCC(C)O2)cc1Cl. The van der Waals surface area contributed by atoms with Gasteiger partial charge in [-0.15, -0.1) is 0 Å². The molecule has 1 aliphatic rings. The molecule has 4 heteroatoms. The van der Waals surface area contributed by atoms with Gasteiger partial charge in [0.15, 0.2) is 0 Å². The van der Waals surface area contributed by atoms with Crippen LogP contribution in [0.5, 0.6) is 5.75 Å². The molecule has 0 aromatic heterocycles. The van der Waals surface area contributed by atoms with Gasteiger partial charge in [0.25, 0.3) is 0 Å². The molecule has 1 aromatic rings. The molecular formula is C13H18ClNO2. The van der Waals surface area contributed by atoms with Crippen LogP contribution >= 0.6 is 11.6 Å². The molecule has 0 amide bonds. The van der Waals surface area contributed by atoms with Crippen molar-refractivity contribution in [1.82, 2.24) is 0 Å². The van der Waals surface area contributed by atoms with E-state index in [1.807, 2.05) is 18.2 Å². The fraction of sp³-hybridized carbons (Fsp3) is 0.538. The molecule has 1 saturated heterocycles. The molecule has 3 nitrogen and oxygen atoms in total. The van der Waals surface area contributed by atoms with Gasteiger partial charge < -0.3 is 14.8 Å². The number of ether oxygens (including phenoxy) is 2. The summed E-state index contributed by atoms with van der Waals surface area (Å²) in [6, 6.07) is 5.70. The van der Waals surface area contributed by atoms with Gasteiger partial charge in [-0.1, -0.05) is 11.6 Å². The molecule has 1 N–H and O–H groups in total. The molecule has 2 atom stereocenters. The molecule has 0 saturated carbocycles. The summed E-state index contributed by atoms with van der Waals surface area (Å²) in [4.78, 5) is 0. The zero-order valence-corrected chi connectivity index (χ0v) is 11.0. The van der Waals surface area contributed by atoms with Crippen LogP contribution in [0.15, 0.2) is 18.2 Å². The van der Waals surface area contributed by atoms with Crippen molar-refractivity contribution in [2.45, 2.75) is 32.0 Å². The summed E-state index contributed by atoms with van der Waals surface area (Å²) in [6.45, 7) is 2.94. The molecular weight excluding hydrogens is 238 g/mol. The van der Waals surface area contributed by atoms with E-state index in [0.29, 0.717) is 23.0 Å². The number of anilines is 1. The fourth-order valence-electron chi connectivity index (χ4n) is 2.04. The fourth-order valence-corrected chi connectivity index (χ4v) is 2.30. The van der Waals surface area contributed by atoms with E-state index in [-0.39, 0.29) is 0 Å². The van der Waals surface area contributed by atoms with Crippen LogP contribution in [-0.4, -0.2) is 25.9 Å². The molecule has 17 heavy (non-hydrogen) atoms. The van der Waals surface area contributed by atoms with E-state index in [1.54, 1.807) is 7.11 Å². The minimum absolute atomic E-state index is 0.311. The molecule has 0 aliphatic carbocycles. The van der Waals surface area contributed by atoms with Gasteiger partial charge in [0.2, 0.25) is 0 Å². The number of methoxy groups -OCH3 is 1. The van der Waals surface area contributed by atoms with Crippen molar-refractivity contribution in [2.24, 2.45) is 0 Å². The summed E-state index contributed by atoms with van der Waals surface area (Å²) in [6.07, 6.45) is 2.97. The highest BCUT2D eigenvalue weighted by atomic mass is 35.5. The number of halogens is 1. The number of nitrogens with one attached hydrogen (secondary N) is 1. The quantitative estimate of drug-likeness (QED) is 0.895. The van der Waals surface area contributed by atoms with Crippen LogP contribution in [0, 0.1) is 0 Å². The molecule has 1 aliphatic heterocycles. The lowest BCUT2D eigenvalue weighted by Gasteiger charge is -2.14. The average molecular weight is 256 g/mol. The number of benzene rings is 1. The second-order valence-corrected chi connectivity index (χ2v) is 4.78. The summed E-state index contributed by atoms with van der Waals surface area (Å²) in [5.41, 5.74) is 0.999. The van der Waals surface area contributed by atoms with E-state index in [1.165, 1.54) is 0 Å². The lowest BCUT2D eigenvalue weighted by molar-refractivity contribution is 0.0637. The minimum Gasteiger partial charge on any atom is -0.495 e. The molecule has 0 radical (unpaired) electrons. The second-order valence-electron chi connectivity index (χ2n) is 4.38. The minimum atomic E-state index is 0.311. The first-order chi connectivity index (χ1) is 8.19. The van der Waals surface area contributed by atoms with Crippen molar-refractivity contribution >= 4 is 17.3 Å². The molecule has 1 fully saturated rings. The molecule has 2 unspecified atom stereocenters. The Morgan fingerprint density at radius 1 is 1.47 bits per heavy atom. The van der Waals surface area contributed by atoms with Crippen LogP contribution in [0.1, 0.15) is 19.8 Å². The average Bonchev–Trinajstić information content (AvgIpc) is 2.73. The van der Waals surface area contributed by atoms with Gasteiger partial charge in [0.05, 0.1) is 24.3 Å². The third-order valence-electron chi connectivity index (χ3n) is 3.01. The number of hydrogen-bond acceptors (Lipinski definition) is 3. The Morgan fingerprint density at radius 2 is 2.29 bits per heavy atom. The van der Waals surface area contributed by atoms with Gasteiger partial charge in [0, 0.05) is 12.2 Å². The Balaban J connectivity index is 1.88. The summed E-state index contributed by atoms with van der Waals surface area (Å²) >= 11 is 6.05. The van der Waals surface area contributed by atoms with Crippen molar-refractivity contribution in [3.8, 4) is 5.75 Å². The largest absolute Gasteiger partial charge is 0.495 e. The predicted molar refractivity (Wildman–Crippen MR) is 70.1 cm³/mol. The number of rotatable bonds is 4. The van der Waals surface area contributed by atoms with Crippen molar-refractivity contribution in [2.75, 3.05) is 19.0 Å². The topological polar surface area (TPSA) is 30.5 Å². The molecule has 94 valence electrons. The molecule has 0 spiro atoms. The van der Waals surface area contributed by atoms with Crippen LogP contribution in [-0.2, 0) is 4.74 Å². The van der Waals surface area contributed by atoms with Gasteiger partial charge in [0.1, 0.15) is 5.75 Å². The number of hydrogen-bond donors (Lipinski definition) is 1. The Labute approximate surface area is 107 Å². The van der Waals surface area contributed by atoms with Crippen molar-refractivity contribution in [3.63, 3.8) is 0 Å². The molecule has 2 rings (SSSR count). The Morgan fingerprint density at radius 3 is 2.88 bits per heavy atom. The molecule has 0 bridgehead atoms. The van der Waals surface area contributed by atoms with Crippen molar-refractivity contribution in [1.29, 1.82) is 0 Å². The van der Waals surface area contributed by atoms with E-state index in [4.69, 9.17) is 21.1 Å². The Kier molecular flexibility index (Phi) is 4.13. The van der Waals surface area contributed by atoms with E-state index < -0.39 is 0 Å². The van der Waals surface area contributed by atoms with E-state index >= 15 is 0 Å². The summed E-state index contributed by atoms with van der Waals surface area (Å²) < 4.78 is 10.8. The van der Waals surface area contributed by atoms with Crippen LogP contribution in [0.25, 0.3) is 0 Å². The van der Waals surface area contributed by atoms with E-state index in [9.17, 15) is 0 Å². The van der Waals surface area contributed by atoms with Crippen molar-refractivity contribution < 1.29 is 9.47 Å². The third-order valence-corrected chi connectivity index (χ3v) is 3.30. The van der Waals surface area contributed by atoms with Crippen LogP contribution in [0.2, 0.25) is 5.02 Å². The first-order valence-electron chi connectivity index (χ1n) is 5.92. The Hall–Kier alpha value is -0.930. The first kappa shape index (κ1) is 12.5. The summed E-state index contributed by atoms with van der Waals surface area (Å²) in [5.74, 6) is 0.697. The van der Waals surface area contributed by atoms with E-state index in [2.05, 4.69) is 12.2 Å². The lowest BCUT2D eigenvalue weighted by Crippen LogP contribution is -2.19. The highest BCUT2D eigenvalue weighted by Gasteiger charge is 2.21. The van der Waals surface area contributed by atoms with Crippen LogP contribution in [0.3, 0.4) is 0 Å². The summed E-state index contributed by atoms with van der Waals surface area (Å²) in [7, 11) is 1.61. The van der Waals surface area contributed by atoms with Gasteiger partial charge in [-0.25, -0.2) is 0 Å². The standard InChI is InChI=1S/C13H18ClNO2/c1-9-3-5-11(17-9)8-15-10-4-6-13(16-2)12(14)7-10/h4,6-7,9,11,15H,3,5,8H2,1-2H3. The third kappa shape index (κ3) is 3.27. The van der Waals surface area contributed by atoms with Crippen LogP contribution < -0.4 is 10.1 Å². The zero-order valence-electron chi connectivity index (χ0n) is 10.2. The van der Waals surface area contributed by atoms with E-state index in [0.717, 1.165) is 25.1 Å². The zero-order chi connectivity index (χ0) is 12.3. The first-order valence-corrected chi connectivity index (χ1v) is 6.29. The maximum Gasteiger partial charge on any atom is 0.137 e. The maximum atomic E-state index is 6.05. The summed E-state index contributed by atoms with van der Waals surface area (Å²) in [5, 5.41) is 3.96.